The summed E-state index contributed by atoms with van der Waals surface area (Å²) in [6, 6.07) is 0. The van der Waals surface area contributed by atoms with E-state index in [0.29, 0.717) is 0 Å². The maximum absolute atomic E-state index is 2.30. The van der Waals surface area contributed by atoms with Gasteiger partial charge in [0.1, 0.15) is 0 Å². The fourth-order valence-electron chi connectivity index (χ4n) is 5.44. The molecule has 0 aromatic heterocycles. The summed E-state index contributed by atoms with van der Waals surface area (Å²) in [5.74, 6) is 1.07. The van der Waals surface area contributed by atoms with Gasteiger partial charge in [-0.15, -0.1) is 0 Å². The molecule has 0 N–H and O–H groups in total. The van der Waals surface area contributed by atoms with Gasteiger partial charge >= 0.3 is 0 Å². The molecule has 1 atom stereocenters. The highest BCUT2D eigenvalue weighted by molar-refractivity contribution is 5.25. The van der Waals surface area contributed by atoms with E-state index in [0.717, 1.165) is 5.92 Å². The largest absolute Gasteiger partial charge is 0.0707 e. The second-order valence-electron chi connectivity index (χ2n) is 9.78. The monoisotopic (exact) mass is 374 g/mol. The van der Waals surface area contributed by atoms with Gasteiger partial charge in [-0.3, -0.25) is 0 Å². The van der Waals surface area contributed by atoms with Crippen molar-refractivity contribution in [3.05, 3.63) is 11.1 Å². The van der Waals surface area contributed by atoms with Gasteiger partial charge in [0.25, 0.3) is 0 Å². The third-order valence-corrected chi connectivity index (χ3v) is 7.26. The average Bonchev–Trinajstić information content (AvgIpc) is 3.30. The van der Waals surface area contributed by atoms with Crippen molar-refractivity contribution in [1.82, 2.24) is 0 Å². The van der Waals surface area contributed by atoms with Gasteiger partial charge in [0.2, 0.25) is 0 Å². The third-order valence-electron chi connectivity index (χ3n) is 7.26. The van der Waals surface area contributed by atoms with Gasteiger partial charge in [-0.25, -0.2) is 0 Å². The van der Waals surface area contributed by atoms with Crippen molar-refractivity contribution in [1.29, 1.82) is 0 Å². The van der Waals surface area contributed by atoms with Crippen LogP contribution in [0.1, 0.15) is 155 Å². The smallest absolute Gasteiger partial charge is 0.0286 e. The number of unbranched alkanes of at least 4 members (excludes halogenated alkanes) is 17. The van der Waals surface area contributed by atoms with E-state index >= 15 is 0 Å². The number of allylic oxidation sites excluding steroid dienone is 2. The van der Waals surface area contributed by atoms with Crippen LogP contribution in [-0.2, 0) is 0 Å². The molecular weight excluding hydrogens is 324 g/mol. The molecule has 1 saturated carbocycles. The van der Waals surface area contributed by atoms with Crippen molar-refractivity contribution in [3.8, 4) is 0 Å². The molecule has 1 fully saturated rings. The molecule has 2 aliphatic rings. The van der Waals surface area contributed by atoms with E-state index in [1.165, 1.54) is 148 Å². The number of fused-ring (bicyclic) bond motifs is 2. The van der Waals surface area contributed by atoms with Crippen LogP contribution < -0.4 is 0 Å². The van der Waals surface area contributed by atoms with Crippen molar-refractivity contribution in [3.63, 3.8) is 0 Å². The molecule has 0 saturated heterocycles. The van der Waals surface area contributed by atoms with Gasteiger partial charge in [-0.2, -0.15) is 0 Å². The summed E-state index contributed by atoms with van der Waals surface area (Å²) in [5, 5.41) is 0. The highest BCUT2D eigenvalue weighted by atomic mass is 14.3. The lowest BCUT2D eigenvalue weighted by Gasteiger charge is -2.11. The SMILES string of the molecule is CCCCCCCCCCCCCCCCCCCCC1=C2CCC(C1)C2. The van der Waals surface area contributed by atoms with E-state index < -0.39 is 0 Å². The predicted octanol–water partition coefficient (Wildman–Crippen LogP) is 9.92. The molecule has 0 heteroatoms. The minimum absolute atomic E-state index is 1.07. The Morgan fingerprint density at radius 3 is 1.37 bits per heavy atom. The van der Waals surface area contributed by atoms with E-state index in [-0.39, 0.29) is 0 Å². The molecule has 0 aliphatic heterocycles. The summed E-state index contributed by atoms with van der Waals surface area (Å²) in [4.78, 5) is 0. The lowest BCUT2D eigenvalue weighted by Crippen LogP contribution is -1.94. The molecule has 0 nitrogen and oxygen atoms in total. The zero-order valence-corrected chi connectivity index (χ0v) is 18.8. The minimum Gasteiger partial charge on any atom is -0.0707 e. The molecule has 27 heavy (non-hydrogen) atoms. The van der Waals surface area contributed by atoms with Crippen LogP contribution in [0.4, 0.5) is 0 Å². The number of hydrogen-bond donors (Lipinski definition) is 0. The maximum atomic E-state index is 2.30. The van der Waals surface area contributed by atoms with Gasteiger partial charge in [0.15, 0.2) is 0 Å². The van der Waals surface area contributed by atoms with Crippen LogP contribution >= 0.6 is 0 Å². The van der Waals surface area contributed by atoms with E-state index in [9.17, 15) is 0 Å². The third kappa shape index (κ3) is 10.7. The minimum atomic E-state index is 1.07. The van der Waals surface area contributed by atoms with E-state index in [1.54, 1.807) is 0 Å². The first-order valence-electron chi connectivity index (χ1n) is 13.1. The first-order chi connectivity index (χ1) is 13.4. The van der Waals surface area contributed by atoms with Crippen LogP contribution in [-0.4, -0.2) is 0 Å². The summed E-state index contributed by atoms with van der Waals surface area (Å²) in [6.07, 6.45) is 34.0. The first-order valence-corrected chi connectivity index (χ1v) is 13.1. The zero-order valence-electron chi connectivity index (χ0n) is 18.8. The molecule has 0 aromatic carbocycles. The zero-order chi connectivity index (χ0) is 19.0. The Morgan fingerprint density at radius 1 is 0.556 bits per heavy atom. The molecule has 2 rings (SSSR count). The Morgan fingerprint density at radius 2 is 1.00 bits per heavy atom. The summed E-state index contributed by atoms with van der Waals surface area (Å²) >= 11 is 0. The summed E-state index contributed by atoms with van der Waals surface area (Å²) in [6.45, 7) is 2.30. The van der Waals surface area contributed by atoms with Crippen LogP contribution in [0, 0.1) is 5.92 Å². The van der Waals surface area contributed by atoms with Crippen LogP contribution in [0.15, 0.2) is 11.1 Å². The first kappa shape index (κ1) is 23.0. The molecule has 0 spiro atoms. The fraction of sp³-hybridized carbons (Fsp3) is 0.926. The lowest BCUT2D eigenvalue weighted by atomic mass is 9.95. The molecule has 0 radical (unpaired) electrons. The van der Waals surface area contributed by atoms with Gasteiger partial charge < -0.3 is 0 Å². The van der Waals surface area contributed by atoms with Crippen molar-refractivity contribution >= 4 is 0 Å². The van der Waals surface area contributed by atoms with Gasteiger partial charge in [0, 0.05) is 0 Å². The summed E-state index contributed by atoms with van der Waals surface area (Å²) in [7, 11) is 0. The molecule has 2 bridgehead atoms. The number of rotatable bonds is 19. The van der Waals surface area contributed by atoms with E-state index in [4.69, 9.17) is 0 Å². The van der Waals surface area contributed by atoms with Crippen molar-refractivity contribution in [2.45, 2.75) is 155 Å². The fourth-order valence-corrected chi connectivity index (χ4v) is 5.44. The Bertz CT molecular complexity index is 377. The molecule has 0 aromatic rings. The Balaban J connectivity index is 1.22. The second-order valence-corrected chi connectivity index (χ2v) is 9.78. The topological polar surface area (TPSA) is 0 Å². The Hall–Kier alpha value is -0.260. The van der Waals surface area contributed by atoms with Gasteiger partial charge in [-0.05, 0) is 44.4 Å². The molecule has 2 aliphatic carbocycles. The Kier molecular flexibility index (Phi) is 13.3. The highest BCUT2D eigenvalue weighted by Crippen LogP contribution is 2.45. The lowest BCUT2D eigenvalue weighted by molar-refractivity contribution is 0.521. The van der Waals surface area contributed by atoms with Crippen LogP contribution in [0.5, 0.6) is 0 Å². The highest BCUT2D eigenvalue weighted by Gasteiger charge is 2.29. The molecule has 158 valence electrons. The molecular formula is C27H50. The van der Waals surface area contributed by atoms with Crippen LogP contribution in [0.3, 0.4) is 0 Å². The van der Waals surface area contributed by atoms with Crippen molar-refractivity contribution in [2.75, 3.05) is 0 Å². The molecule has 1 unspecified atom stereocenters. The normalized spacial score (nSPS) is 18.8. The van der Waals surface area contributed by atoms with Crippen LogP contribution in [0.2, 0.25) is 0 Å². The standard InChI is InChI=1S/C27H50/c1-2-3-4-5-6-7-8-9-10-11-12-13-14-15-16-17-18-19-20-26-23-25-21-22-27(26)24-25/h25H,2-24H2,1H3. The van der Waals surface area contributed by atoms with E-state index in [1.807, 2.05) is 11.1 Å². The molecule has 0 heterocycles. The van der Waals surface area contributed by atoms with Crippen molar-refractivity contribution in [2.24, 2.45) is 5.92 Å². The second kappa shape index (κ2) is 15.6. The predicted molar refractivity (Wildman–Crippen MR) is 122 cm³/mol. The molecule has 0 amide bonds. The summed E-state index contributed by atoms with van der Waals surface area (Å²) < 4.78 is 0. The summed E-state index contributed by atoms with van der Waals surface area (Å²) in [5.41, 5.74) is 3.77. The quantitative estimate of drug-likeness (QED) is 0.156. The Labute approximate surface area is 172 Å². The maximum Gasteiger partial charge on any atom is -0.0286 e. The van der Waals surface area contributed by atoms with Gasteiger partial charge in [-0.1, -0.05) is 127 Å². The van der Waals surface area contributed by atoms with Crippen LogP contribution in [0.25, 0.3) is 0 Å². The van der Waals surface area contributed by atoms with Gasteiger partial charge in [0.05, 0.1) is 0 Å². The van der Waals surface area contributed by atoms with E-state index in [2.05, 4.69) is 6.92 Å². The average molecular weight is 375 g/mol. The number of hydrogen-bond acceptors (Lipinski definition) is 0. The van der Waals surface area contributed by atoms with Crippen molar-refractivity contribution < 1.29 is 0 Å².